The molecule has 4 N–H and O–H groups in total. The first-order chi connectivity index (χ1) is 16.6. The molecule has 2 amide bonds. The fourth-order valence-corrected chi connectivity index (χ4v) is 4.29. The van der Waals surface area contributed by atoms with E-state index in [1.165, 1.54) is 18.4 Å². The summed E-state index contributed by atoms with van der Waals surface area (Å²) in [5, 5.41) is 15.2. The summed E-state index contributed by atoms with van der Waals surface area (Å²) in [7, 11) is 0. The van der Waals surface area contributed by atoms with Crippen molar-refractivity contribution in [3.8, 4) is 17.3 Å². The van der Waals surface area contributed by atoms with Crippen molar-refractivity contribution >= 4 is 23.5 Å². The Bertz CT molecular complexity index is 1220. The topological polar surface area (TPSA) is 133 Å². The van der Waals surface area contributed by atoms with Crippen LogP contribution < -0.4 is 21.3 Å². The number of amides is 2. The van der Waals surface area contributed by atoms with Crippen LogP contribution in [0.3, 0.4) is 0 Å². The molecule has 0 bridgehead atoms. The zero-order chi connectivity index (χ0) is 23.5. The van der Waals surface area contributed by atoms with Crippen LogP contribution in [0.15, 0.2) is 48.8 Å². The maximum atomic E-state index is 11.1. The molecule has 3 aromatic heterocycles. The van der Waals surface area contributed by atoms with Gasteiger partial charge in [-0.25, -0.2) is 19.7 Å². The number of nitriles is 1. The molecule has 1 aliphatic heterocycles. The number of carbonyl (C=O) groups is 1. The first-order valence-corrected chi connectivity index (χ1v) is 11.5. The number of primary amides is 1. The summed E-state index contributed by atoms with van der Waals surface area (Å²) in [5.41, 5.74) is 8.83. The lowest BCUT2D eigenvalue weighted by molar-refractivity contribution is 0.242. The molecule has 2 fully saturated rings. The highest BCUT2D eigenvalue weighted by molar-refractivity contribution is 5.72. The summed E-state index contributed by atoms with van der Waals surface area (Å²) >= 11 is 0. The first kappa shape index (κ1) is 21.6. The monoisotopic (exact) mass is 454 g/mol. The van der Waals surface area contributed by atoms with E-state index in [2.05, 4.69) is 38.7 Å². The molecule has 2 aliphatic rings. The number of rotatable bonds is 6. The van der Waals surface area contributed by atoms with Crippen LogP contribution in [-0.4, -0.2) is 40.1 Å². The van der Waals surface area contributed by atoms with Crippen molar-refractivity contribution in [1.82, 2.24) is 20.3 Å². The molecule has 0 atom stereocenters. The van der Waals surface area contributed by atoms with E-state index >= 15 is 0 Å². The van der Waals surface area contributed by atoms with Crippen LogP contribution in [0.4, 0.5) is 22.2 Å². The number of nitrogens with one attached hydrogen (secondary N) is 2. The summed E-state index contributed by atoms with van der Waals surface area (Å²) in [6.45, 7) is 1.63. The first-order valence-electron chi connectivity index (χ1n) is 11.5. The van der Waals surface area contributed by atoms with Crippen molar-refractivity contribution in [2.45, 2.75) is 37.6 Å². The second-order valence-corrected chi connectivity index (χ2v) is 8.79. The van der Waals surface area contributed by atoms with Gasteiger partial charge in [-0.15, -0.1) is 0 Å². The Morgan fingerprint density at radius 3 is 2.56 bits per heavy atom. The normalized spacial score (nSPS) is 16.0. The SMILES string of the molecule is N#Cc1ccnc(Nc2cc(C3CC3)cc(-c3ccc(N4CCC(NC(N)=O)CC4)nc3)n2)c1. The minimum absolute atomic E-state index is 0.122. The molecule has 172 valence electrons. The van der Waals surface area contributed by atoms with Crippen LogP contribution in [-0.2, 0) is 0 Å². The molecule has 0 aromatic carbocycles. The molecular weight excluding hydrogens is 428 g/mol. The summed E-state index contributed by atoms with van der Waals surface area (Å²) in [6, 6.07) is 13.4. The number of hydrogen-bond donors (Lipinski definition) is 3. The van der Waals surface area contributed by atoms with Gasteiger partial charge in [0.25, 0.3) is 0 Å². The zero-order valence-electron chi connectivity index (χ0n) is 18.7. The second kappa shape index (κ2) is 9.35. The lowest BCUT2D eigenvalue weighted by atomic mass is 10.0. The van der Waals surface area contributed by atoms with Crippen LogP contribution in [0.1, 0.15) is 42.7 Å². The van der Waals surface area contributed by atoms with Gasteiger partial charge >= 0.3 is 6.03 Å². The average molecular weight is 455 g/mol. The zero-order valence-corrected chi connectivity index (χ0v) is 18.7. The lowest BCUT2D eigenvalue weighted by Gasteiger charge is -2.32. The van der Waals surface area contributed by atoms with Crippen LogP contribution in [0.5, 0.6) is 0 Å². The molecule has 4 heterocycles. The number of nitrogens with two attached hydrogens (primary N) is 1. The molecule has 1 saturated heterocycles. The largest absolute Gasteiger partial charge is 0.356 e. The van der Waals surface area contributed by atoms with Gasteiger partial charge in [0.2, 0.25) is 0 Å². The highest BCUT2D eigenvalue weighted by Gasteiger charge is 2.25. The third-order valence-corrected chi connectivity index (χ3v) is 6.25. The van der Waals surface area contributed by atoms with E-state index < -0.39 is 6.03 Å². The minimum atomic E-state index is -0.468. The van der Waals surface area contributed by atoms with Crippen molar-refractivity contribution in [3.63, 3.8) is 0 Å². The van der Waals surface area contributed by atoms with Crippen LogP contribution in [0, 0.1) is 11.3 Å². The van der Waals surface area contributed by atoms with E-state index in [1.54, 1.807) is 18.3 Å². The minimum Gasteiger partial charge on any atom is -0.356 e. The smallest absolute Gasteiger partial charge is 0.312 e. The van der Waals surface area contributed by atoms with Gasteiger partial charge in [0.1, 0.15) is 17.5 Å². The van der Waals surface area contributed by atoms with Gasteiger partial charge in [-0.05, 0) is 73.6 Å². The number of hydrogen-bond acceptors (Lipinski definition) is 7. The molecule has 0 radical (unpaired) electrons. The quantitative estimate of drug-likeness (QED) is 0.517. The fraction of sp³-hybridized carbons (Fsp3) is 0.320. The molecule has 3 aromatic rings. The van der Waals surface area contributed by atoms with E-state index in [0.717, 1.165) is 43.0 Å². The predicted molar refractivity (Wildman–Crippen MR) is 130 cm³/mol. The molecule has 9 heteroatoms. The van der Waals surface area contributed by atoms with Crippen molar-refractivity contribution in [2.75, 3.05) is 23.3 Å². The highest BCUT2D eigenvalue weighted by atomic mass is 16.2. The van der Waals surface area contributed by atoms with Gasteiger partial charge in [-0.1, -0.05) is 0 Å². The molecule has 1 saturated carbocycles. The van der Waals surface area contributed by atoms with Gasteiger partial charge in [0.15, 0.2) is 0 Å². The van der Waals surface area contributed by atoms with Crippen molar-refractivity contribution < 1.29 is 4.79 Å². The average Bonchev–Trinajstić information content (AvgIpc) is 3.70. The van der Waals surface area contributed by atoms with E-state index in [0.29, 0.717) is 23.1 Å². The predicted octanol–water partition coefficient (Wildman–Crippen LogP) is 3.67. The van der Waals surface area contributed by atoms with Crippen molar-refractivity contribution in [2.24, 2.45) is 5.73 Å². The van der Waals surface area contributed by atoms with E-state index in [9.17, 15) is 4.79 Å². The standard InChI is InChI=1S/C25H26N8O/c26-14-16-5-8-28-22(11-16)32-23-13-19(17-1-2-17)12-21(31-23)18-3-4-24(29-15-18)33-9-6-20(7-10-33)30-25(27)34/h3-5,8,11-13,15,17,20H,1-2,6-7,9-10H2,(H3,27,30,34)(H,28,31,32). The third-order valence-electron chi connectivity index (χ3n) is 6.25. The molecule has 0 spiro atoms. The third kappa shape index (κ3) is 5.07. The van der Waals surface area contributed by atoms with Crippen LogP contribution in [0.25, 0.3) is 11.3 Å². The summed E-state index contributed by atoms with van der Waals surface area (Å²) < 4.78 is 0. The van der Waals surface area contributed by atoms with Gasteiger partial charge in [0, 0.05) is 37.1 Å². The Kier molecular flexibility index (Phi) is 5.95. The van der Waals surface area contributed by atoms with Gasteiger partial charge in [-0.2, -0.15) is 5.26 Å². The number of anilines is 3. The maximum absolute atomic E-state index is 11.1. The number of urea groups is 1. The highest BCUT2D eigenvalue weighted by Crippen LogP contribution is 2.42. The maximum Gasteiger partial charge on any atom is 0.312 e. The summed E-state index contributed by atoms with van der Waals surface area (Å²) in [6.07, 6.45) is 7.52. The molecule has 0 unspecified atom stereocenters. The molecule has 9 nitrogen and oxygen atoms in total. The van der Waals surface area contributed by atoms with Gasteiger partial charge in [-0.3, -0.25) is 0 Å². The molecular formula is C25H26N8O. The van der Waals surface area contributed by atoms with Crippen molar-refractivity contribution in [3.05, 3.63) is 59.9 Å². The molecule has 5 rings (SSSR count). The Balaban J connectivity index is 1.34. The Morgan fingerprint density at radius 2 is 1.88 bits per heavy atom. The van der Waals surface area contributed by atoms with Gasteiger partial charge < -0.3 is 21.3 Å². The number of aromatic nitrogens is 3. The van der Waals surface area contributed by atoms with Crippen molar-refractivity contribution in [1.29, 1.82) is 5.26 Å². The van der Waals surface area contributed by atoms with Crippen LogP contribution in [0.2, 0.25) is 0 Å². The van der Waals surface area contributed by atoms with Gasteiger partial charge in [0.05, 0.1) is 17.3 Å². The summed E-state index contributed by atoms with van der Waals surface area (Å²) in [5.74, 6) is 2.77. The van der Waals surface area contributed by atoms with E-state index in [4.69, 9.17) is 21.0 Å². The fourth-order valence-electron chi connectivity index (χ4n) is 4.29. The van der Waals surface area contributed by atoms with E-state index in [-0.39, 0.29) is 6.04 Å². The Labute approximate surface area is 198 Å². The van der Waals surface area contributed by atoms with E-state index in [1.807, 2.05) is 18.3 Å². The lowest BCUT2D eigenvalue weighted by Crippen LogP contribution is -2.46. The Hall–Kier alpha value is -4.19. The molecule has 34 heavy (non-hydrogen) atoms. The summed E-state index contributed by atoms with van der Waals surface area (Å²) in [4.78, 5) is 27.1. The molecule has 1 aliphatic carbocycles. The number of pyridine rings is 3. The number of carbonyl (C=O) groups excluding carboxylic acids is 1. The number of piperidine rings is 1. The second-order valence-electron chi connectivity index (χ2n) is 8.79. The Morgan fingerprint density at radius 1 is 1.06 bits per heavy atom. The number of nitrogens with zero attached hydrogens (tertiary/aromatic N) is 5. The van der Waals surface area contributed by atoms with Crippen LogP contribution >= 0.6 is 0 Å².